The Morgan fingerprint density at radius 2 is 2.30 bits per heavy atom. The number of hydrogen-bond acceptors (Lipinski definition) is 4. The molecule has 0 aromatic carbocycles. The molecule has 1 fully saturated rings. The molecule has 106 valence electrons. The van der Waals surface area contributed by atoms with Gasteiger partial charge in [-0.25, -0.2) is 0 Å². The molecule has 20 heavy (non-hydrogen) atoms. The molecule has 2 aliphatic rings. The van der Waals surface area contributed by atoms with E-state index in [1.807, 2.05) is 4.90 Å². The highest BCUT2D eigenvalue weighted by Crippen LogP contribution is 2.24. The summed E-state index contributed by atoms with van der Waals surface area (Å²) in [5, 5.41) is 7.71. The van der Waals surface area contributed by atoms with Crippen LogP contribution in [0.4, 0.5) is 0 Å². The fraction of sp³-hybridized carbons (Fsp3) is 0.533. The second-order valence-electron chi connectivity index (χ2n) is 5.36. The summed E-state index contributed by atoms with van der Waals surface area (Å²) < 4.78 is 5.76. The smallest absolute Gasteiger partial charge is 0.233 e. The molecule has 1 aliphatic heterocycles. The van der Waals surface area contributed by atoms with Gasteiger partial charge in [0.05, 0.1) is 6.54 Å². The lowest BCUT2D eigenvalue weighted by atomic mass is 9.93. The number of allylic oxidation sites excluding steroid dienone is 2. The first-order chi connectivity index (χ1) is 9.83. The lowest BCUT2D eigenvalue weighted by Crippen LogP contribution is -2.36. The van der Waals surface area contributed by atoms with Crippen molar-refractivity contribution in [3.05, 3.63) is 30.5 Å². The van der Waals surface area contributed by atoms with Crippen molar-refractivity contribution in [1.82, 2.24) is 15.1 Å². The predicted molar refractivity (Wildman–Crippen MR) is 74.1 cm³/mol. The molecule has 0 spiro atoms. The van der Waals surface area contributed by atoms with Gasteiger partial charge in [0, 0.05) is 31.1 Å². The maximum atomic E-state index is 12.4. The van der Waals surface area contributed by atoms with E-state index in [0.717, 1.165) is 32.2 Å². The first kappa shape index (κ1) is 13.1. The van der Waals surface area contributed by atoms with Gasteiger partial charge < -0.3 is 9.64 Å². The Bertz CT molecular complexity index is 489. The number of likely N-dealkylation sites (tertiary alicyclic amines) is 1. The number of ether oxygens (including phenoxy) is 1. The molecule has 1 aliphatic carbocycles. The topological polar surface area (TPSA) is 55.3 Å². The summed E-state index contributed by atoms with van der Waals surface area (Å²) in [6.07, 6.45) is 9.67. The largest absolute Gasteiger partial charge is 0.471 e. The van der Waals surface area contributed by atoms with Crippen LogP contribution in [0.5, 0.6) is 5.88 Å². The molecule has 0 unspecified atom stereocenters. The molecule has 1 aromatic heterocycles. The number of carbonyl (C=O) groups is 1. The van der Waals surface area contributed by atoms with Gasteiger partial charge in [-0.15, -0.1) is 5.10 Å². The van der Waals surface area contributed by atoms with Gasteiger partial charge in [0.2, 0.25) is 11.8 Å². The lowest BCUT2D eigenvalue weighted by molar-refractivity contribution is -0.135. The van der Waals surface area contributed by atoms with Crippen molar-refractivity contribution in [2.75, 3.05) is 13.1 Å². The second-order valence-corrected chi connectivity index (χ2v) is 5.36. The van der Waals surface area contributed by atoms with Crippen LogP contribution in [0.2, 0.25) is 0 Å². The summed E-state index contributed by atoms with van der Waals surface area (Å²) in [7, 11) is 0. The molecule has 5 nitrogen and oxygen atoms in total. The van der Waals surface area contributed by atoms with Crippen LogP contribution in [0.1, 0.15) is 25.7 Å². The molecule has 3 rings (SSSR count). The van der Waals surface area contributed by atoms with Crippen LogP contribution in [-0.4, -0.2) is 40.2 Å². The third-order valence-corrected chi connectivity index (χ3v) is 3.91. The summed E-state index contributed by atoms with van der Waals surface area (Å²) in [5.41, 5.74) is 0. The van der Waals surface area contributed by atoms with Gasteiger partial charge in [-0.3, -0.25) is 4.79 Å². The Kier molecular flexibility index (Phi) is 3.95. The molecule has 2 atom stereocenters. The fourth-order valence-corrected chi connectivity index (χ4v) is 2.82. The average molecular weight is 273 g/mol. The zero-order chi connectivity index (χ0) is 13.8. The van der Waals surface area contributed by atoms with Crippen LogP contribution < -0.4 is 4.74 Å². The molecule has 5 heteroatoms. The molecular formula is C15H19N3O2. The number of nitrogens with zero attached hydrogens (tertiary/aromatic N) is 3. The van der Waals surface area contributed by atoms with Gasteiger partial charge in [-0.1, -0.05) is 12.2 Å². The second kappa shape index (κ2) is 6.03. The van der Waals surface area contributed by atoms with Crippen LogP contribution in [0.25, 0.3) is 0 Å². The highest BCUT2D eigenvalue weighted by molar-refractivity contribution is 5.79. The zero-order valence-electron chi connectivity index (χ0n) is 11.4. The van der Waals surface area contributed by atoms with Crippen molar-refractivity contribution in [3.63, 3.8) is 0 Å². The Morgan fingerprint density at radius 1 is 1.35 bits per heavy atom. The number of carbonyl (C=O) groups excluding carboxylic acids is 1. The first-order valence-electron chi connectivity index (χ1n) is 7.21. The summed E-state index contributed by atoms with van der Waals surface area (Å²) in [6, 6.07) is 3.60. The van der Waals surface area contributed by atoms with Crippen molar-refractivity contribution in [2.24, 2.45) is 5.92 Å². The molecular weight excluding hydrogens is 254 g/mol. The van der Waals surface area contributed by atoms with Gasteiger partial charge in [0.1, 0.15) is 6.10 Å². The van der Waals surface area contributed by atoms with E-state index in [9.17, 15) is 4.79 Å². The SMILES string of the molecule is O=C([C@@H]1CC=CCC1)N1CC[C@@H](Oc2cccnn2)C1. The normalized spacial score (nSPS) is 25.7. The maximum Gasteiger partial charge on any atom is 0.233 e. The Morgan fingerprint density at radius 3 is 3.05 bits per heavy atom. The van der Waals surface area contributed by atoms with Crippen LogP contribution in [0.3, 0.4) is 0 Å². The minimum Gasteiger partial charge on any atom is -0.471 e. The van der Waals surface area contributed by atoms with Gasteiger partial charge in [0.15, 0.2) is 0 Å². The summed E-state index contributed by atoms with van der Waals surface area (Å²) in [6.45, 7) is 1.44. The monoisotopic (exact) mass is 273 g/mol. The summed E-state index contributed by atoms with van der Waals surface area (Å²) in [4.78, 5) is 14.3. The quantitative estimate of drug-likeness (QED) is 0.788. The van der Waals surface area contributed by atoms with E-state index in [1.165, 1.54) is 0 Å². The highest BCUT2D eigenvalue weighted by Gasteiger charge is 2.31. The van der Waals surface area contributed by atoms with E-state index >= 15 is 0 Å². The van der Waals surface area contributed by atoms with E-state index in [4.69, 9.17) is 4.74 Å². The van der Waals surface area contributed by atoms with E-state index < -0.39 is 0 Å². The lowest BCUT2D eigenvalue weighted by Gasteiger charge is -2.24. The van der Waals surface area contributed by atoms with Gasteiger partial charge in [-0.2, -0.15) is 5.10 Å². The zero-order valence-corrected chi connectivity index (χ0v) is 11.4. The molecule has 0 saturated carbocycles. The predicted octanol–water partition coefficient (Wildman–Crippen LogP) is 1.81. The molecule has 1 aromatic rings. The van der Waals surface area contributed by atoms with E-state index in [-0.39, 0.29) is 17.9 Å². The summed E-state index contributed by atoms with van der Waals surface area (Å²) >= 11 is 0. The van der Waals surface area contributed by atoms with Crippen molar-refractivity contribution in [2.45, 2.75) is 31.8 Å². The Labute approximate surface area is 118 Å². The van der Waals surface area contributed by atoms with Crippen molar-refractivity contribution >= 4 is 5.91 Å². The minimum absolute atomic E-state index is 0.0368. The highest BCUT2D eigenvalue weighted by atomic mass is 16.5. The van der Waals surface area contributed by atoms with E-state index in [0.29, 0.717) is 12.4 Å². The van der Waals surface area contributed by atoms with E-state index in [1.54, 1.807) is 18.3 Å². The number of aromatic nitrogens is 2. The third kappa shape index (κ3) is 2.98. The maximum absolute atomic E-state index is 12.4. The van der Waals surface area contributed by atoms with Crippen LogP contribution >= 0.6 is 0 Å². The van der Waals surface area contributed by atoms with Gasteiger partial charge in [0.25, 0.3) is 0 Å². The van der Waals surface area contributed by atoms with Crippen molar-refractivity contribution in [1.29, 1.82) is 0 Å². The van der Waals surface area contributed by atoms with Crippen LogP contribution in [0.15, 0.2) is 30.5 Å². The fourth-order valence-electron chi connectivity index (χ4n) is 2.82. The van der Waals surface area contributed by atoms with Gasteiger partial charge >= 0.3 is 0 Å². The van der Waals surface area contributed by atoms with Gasteiger partial charge in [-0.05, 0) is 25.3 Å². The number of hydrogen-bond donors (Lipinski definition) is 0. The first-order valence-corrected chi connectivity index (χ1v) is 7.21. The molecule has 1 amide bonds. The molecule has 1 saturated heterocycles. The molecule has 0 bridgehead atoms. The minimum atomic E-state index is 0.0368. The Balaban J connectivity index is 1.54. The molecule has 0 radical (unpaired) electrons. The Hall–Kier alpha value is -1.91. The van der Waals surface area contributed by atoms with Crippen LogP contribution in [-0.2, 0) is 4.79 Å². The molecule has 2 heterocycles. The standard InChI is InChI=1S/C15H19N3O2/c19-15(12-5-2-1-3-6-12)18-10-8-13(11-18)20-14-7-4-9-16-17-14/h1-2,4,7,9,12-13H,3,5-6,8,10-11H2/t12-,13-/m1/s1. The van der Waals surface area contributed by atoms with Crippen molar-refractivity contribution < 1.29 is 9.53 Å². The third-order valence-electron chi connectivity index (χ3n) is 3.91. The number of rotatable bonds is 3. The average Bonchev–Trinajstić information content (AvgIpc) is 2.97. The van der Waals surface area contributed by atoms with Crippen LogP contribution in [0, 0.1) is 5.92 Å². The summed E-state index contributed by atoms with van der Waals surface area (Å²) in [5.74, 6) is 0.974. The van der Waals surface area contributed by atoms with E-state index in [2.05, 4.69) is 22.3 Å². The molecule has 0 N–H and O–H groups in total. The van der Waals surface area contributed by atoms with Crippen molar-refractivity contribution in [3.8, 4) is 5.88 Å². The number of amides is 1.